The van der Waals surface area contributed by atoms with E-state index in [1.165, 1.54) is 10.9 Å². The minimum atomic E-state index is -4.28. The third-order valence-corrected chi connectivity index (χ3v) is 5.71. The molecule has 0 aliphatic heterocycles. The van der Waals surface area contributed by atoms with E-state index in [1.54, 1.807) is 22.8 Å². The van der Waals surface area contributed by atoms with Crippen molar-refractivity contribution in [3.05, 3.63) is 45.5 Å². The second-order valence-electron chi connectivity index (χ2n) is 6.81. The second-order valence-corrected chi connectivity index (χ2v) is 8.28. The van der Waals surface area contributed by atoms with Crippen LogP contribution in [-0.2, 0) is 6.54 Å². The lowest BCUT2D eigenvalue weighted by atomic mass is 10.0. The first-order chi connectivity index (χ1) is 13.6. The quantitative estimate of drug-likeness (QED) is 0.376. The Balaban J connectivity index is 2.18. The minimum absolute atomic E-state index is 0.107. The first-order valence-corrected chi connectivity index (χ1v) is 10.5. The molecule has 0 spiro atoms. The van der Waals surface area contributed by atoms with Gasteiger partial charge in [0.2, 0.25) is 0 Å². The molecule has 1 aromatic carbocycles. The van der Waals surface area contributed by atoms with E-state index in [1.807, 2.05) is 20.8 Å². The Bertz CT molecular complexity index is 1090. The molecule has 0 bridgehead atoms. The maximum Gasteiger partial charge on any atom is 0.389 e. The summed E-state index contributed by atoms with van der Waals surface area (Å²) >= 11 is 7.16. The summed E-state index contributed by atoms with van der Waals surface area (Å²) < 4.78 is 40.9. The molecule has 0 aliphatic rings. The molecule has 3 aromatic rings. The van der Waals surface area contributed by atoms with Crippen LogP contribution < -0.4 is 5.56 Å². The Kier molecular flexibility index (Phi) is 6.28. The van der Waals surface area contributed by atoms with E-state index >= 15 is 0 Å². The zero-order valence-electron chi connectivity index (χ0n) is 16.1. The largest absolute Gasteiger partial charge is 0.389 e. The van der Waals surface area contributed by atoms with Crippen molar-refractivity contribution in [1.29, 1.82) is 0 Å². The predicted molar refractivity (Wildman–Crippen MR) is 109 cm³/mol. The standard InChI is InChI=1S/C19H20ClF3N4OS/c1-4-26-10-24-15-16(26)25-18(29-8-7-19(21,22)23)27(17(15)28)12-5-6-14(20)13(9-12)11(2)3/h5-6,9-11H,4,7-8H2,1-3H3. The van der Waals surface area contributed by atoms with Gasteiger partial charge < -0.3 is 4.57 Å². The molecule has 0 saturated carbocycles. The van der Waals surface area contributed by atoms with Crippen molar-refractivity contribution < 1.29 is 13.2 Å². The van der Waals surface area contributed by atoms with Crippen LogP contribution in [0.5, 0.6) is 0 Å². The summed E-state index contributed by atoms with van der Waals surface area (Å²) in [6.45, 7) is 6.35. The molecule has 5 nitrogen and oxygen atoms in total. The number of hydrogen-bond donors (Lipinski definition) is 0. The van der Waals surface area contributed by atoms with Crippen molar-refractivity contribution in [2.24, 2.45) is 0 Å². The van der Waals surface area contributed by atoms with Gasteiger partial charge in [0.25, 0.3) is 5.56 Å². The Morgan fingerprint density at radius 1 is 1.28 bits per heavy atom. The SMILES string of the molecule is CCn1cnc2c(=O)n(-c3ccc(Cl)c(C(C)C)c3)c(SCCC(F)(F)F)nc21. The Hall–Kier alpha value is -2.00. The second kappa shape index (κ2) is 8.39. The number of hydrogen-bond acceptors (Lipinski definition) is 4. The summed E-state index contributed by atoms with van der Waals surface area (Å²) in [6, 6.07) is 5.11. The molecule has 2 heterocycles. The fourth-order valence-electron chi connectivity index (χ4n) is 2.90. The van der Waals surface area contributed by atoms with Gasteiger partial charge in [-0.25, -0.2) is 9.97 Å². The summed E-state index contributed by atoms with van der Waals surface area (Å²) in [5.74, 6) is -0.137. The van der Waals surface area contributed by atoms with Gasteiger partial charge in [-0.1, -0.05) is 37.2 Å². The van der Waals surface area contributed by atoms with Gasteiger partial charge in [-0.3, -0.25) is 9.36 Å². The lowest BCUT2D eigenvalue weighted by Crippen LogP contribution is -2.23. The highest BCUT2D eigenvalue weighted by Crippen LogP contribution is 2.30. The summed E-state index contributed by atoms with van der Waals surface area (Å²) in [6.07, 6.45) is -3.75. The van der Waals surface area contributed by atoms with Crippen molar-refractivity contribution in [2.45, 2.75) is 51.0 Å². The maximum absolute atomic E-state index is 13.2. The van der Waals surface area contributed by atoms with Crippen molar-refractivity contribution >= 4 is 34.5 Å². The third-order valence-electron chi connectivity index (χ3n) is 4.43. The van der Waals surface area contributed by atoms with Gasteiger partial charge in [-0.2, -0.15) is 13.2 Å². The first-order valence-electron chi connectivity index (χ1n) is 9.09. The monoisotopic (exact) mass is 444 g/mol. The van der Waals surface area contributed by atoms with Crippen LogP contribution in [0.25, 0.3) is 16.9 Å². The maximum atomic E-state index is 13.2. The molecular weight excluding hydrogens is 425 g/mol. The average molecular weight is 445 g/mol. The van der Waals surface area contributed by atoms with Crippen molar-refractivity contribution in [3.8, 4) is 5.69 Å². The van der Waals surface area contributed by atoms with Crippen LogP contribution in [0.4, 0.5) is 13.2 Å². The van der Waals surface area contributed by atoms with E-state index in [0.29, 0.717) is 22.9 Å². The number of halogens is 4. The van der Waals surface area contributed by atoms with Gasteiger partial charge in [-0.05, 0) is 36.6 Å². The zero-order chi connectivity index (χ0) is 21.3. The molecule has 0 saturated heterocycles. The van der Waals surface area contributed by atoms with E-state index in [4.69, 9.17) is 11.6 Å². The fraction of sp³-hybridized carbons (Fsp3) is 0.421. The van der Waals surface area contributed by atoms with Crippen LogP contribution in [0.3, 0.4) is 0 Å². The van der Waals surface area contributed by atoms with Gasteiger partial charge in [-0.15, -0.1) is 0 Å². The highest BCUT2D eigenvalue weighted by molar-refractivity contribution is 7.99. The average Bonchev–Trinajstić information content (AvgIpc) is 3.05. The van der Waals surface area contributed by atoms with E-state index in [0.717, 1.165) is 17.3 Å². The molecule has 3 rings (SSSR count). The van der Waals surface area contributed by atoms with Crippen LogP contribution in [0.15, 0.2) is 34.5 Å². The number of benzene rings is 1. The molecule has 29 heavy (non-hydrogen) atoms. The molecule has 0 fully saturated rings. The number of fused-ring (bicyclic) bond motifs is 1. The summed E-state index contributed by atoms with van der Waals surface area (Å²) in [4.78, 5) is 21.8. The molecule has 0 aliphatic carbocycles. The number of aromatic nitrogens is 4. The number of nitrogens with zero attached hydrogens (tertiary/aromatic N) is 4. The zero-order valence-corrected chi connectivity index (χ0v) is 17.7. The Labute approximate surface area is 174 Å². The van der Waals surface area contributed by atoms with Crippen LogP contribution >= 0.6 is 23.4 Å². The molecule has 0 radical (unpaired) electrons. The molecule has 2 aromatic heterocycles. The fourth-order valence-corrected chi connectivity index (χ4v) is 4.22. The van der Waals surface area contributed by atoms with Crippen LogP contribution in [0.2, 0.25) is 5.02 Å². The van der Waals surface area contributed by atoms with E-state index in [9.17, 15) is 18.0 Å². The van der Waals surface area contributed by atoms with Gasteiger partial charge in [0.05, 0.1) is 18.4 Å². The van der Waals surface area contributed by atoms with Gasteiger partial charge in [0.1, 0.15) is 0 Å². The molecule has 0 atom stereocenters. The number of thioether (sulfide) groups is 1. The topological polar surface area (TPSA) is 52.7 Å². The van der Waals surface area contributed by atoms with Gasteiger partial charge in [0.15, 0.2) is 16.3 Å². The van der Waals surface area contributed by atoms with Gasteiger partial charge in [0, 0.05) is 17.3 Å². The summed E-state index contributed by atoms with van der Waals surface area (Å²) in [5, 5.41) is 0.756. The van der Waals surface area contributed by atoms with E-state index in [-0.39, 0.29) is 22.3 Å². The number of alkyl halides is 3. The van der Waals surface area contributed by atoms with Crippen molar-refractivity contribution in [1.82, 2.24) is 19.1 Å². The molecular formula is C19H20ClF3N4OS. The highest BCUT2D eigenvalue weighted by atomic mass is 35.5. The smallest absolute Gasteiger partial charge is 0.315 e. The lowest BCUT2D eigenvalue weighted by Gasteiger charge is -2.15. The van der Waals surface area contributed by atoms with Crippen molar-refractivity contribution in [2.75, 3.05) is 5.75 Å². The first kappa shape index (κ1) is 21.7. The van der Waals surface area contributed by atoms with Crippen LogP contribution in [0, 0.1) is 0 Å². The Morgan fingerprint density at radius 2 is 2.00 bits per heavy atom. The summed E-state index contributed by atoms with van der Waals surface area (Å²) in [7, 11) is 0. The predicted octanol–water partition coefficient (Wildman–Crippen LogP) is 5.42. The Morgan fingerprint density at radius 3 is 2.62 bits per heavy atom. The van der Waals surface area contributed by atoms with Crippen molar-refractivity contribution in [3.63, 3.8) is 0 Å². The van der Waals surface area contributed by atoms with Crippen LogP contribution in [-0.4, -0.2) is 31.0 Å². The molecule has 156 valence electrons. The van der Waals surface area contributed by atoms with E-state index in [2.05, 4.69) is 9.97 Å². The van der Waals surface area contributed by atoms with E-state index < -0.39 is 18.2 Å². The highest BCUT2D eigenvalue weighted by Gasteiger charge is 2.27. The molecule has 10 heteroatoms. The van der Waals surface area contributed by atoms with Crippen LogP contribution in [0.1, 0.15) is 38.7 Å². The van der Waals surface area contributed by atoms with Gasteiger partial charge >= 0.3 is 6.18 Å². The molecule has 0 unspecified atom stereocenters. The molecule has 0 amide bonds. The third kappa shape index (κ3) is 4.61. The number of imidazole rings is 1. The summed E-state index contributed by atoms with van der Waals surface area (Å²) in [5.41, 5.74) is 1.45. The normalized spacial score (nSPS) is 12.3. The number of rotatable bonds is 6. The number of aryl methyl sites for hydroxylation is 1. The minimum Gasteiger partial charge on any atom is -0.315 e. The molecule has 0 N–H and O–H groups in total. The lowest BCUT2D eigenvalue weighted by molar-refractivity contribution is -0.129.